The normalized spacial score (nSPS) is 10.3. The fourth-order valence-electron chi connectivity index (χ4n) is 2.55. The molecule has 0 aliphatic rings. The number of anilines is 2. The molecular formula is C22H21ClN2O2. The number of carbonyl (C=O) groups excluding carboxylic acids is 1. The Morgan fingerprint density at radius 1 is 0.889 bits per heavy atom. The van der Waals surface area contributed by atoms with Crippen molar-refractivity contribution < 1.29 is 9.53 Å². The van der Waals surface area contributed by atoms with Crippen LogP contribution in [-0.2, 0) is 11.2 Å². The molecule has 0 spiro atoms. The Morgan fingerprint density at radius 2 is 1.67 bits per heavy atom. The minimum absolute atomic E-state index is 0.138. The summed E-state index contributed by atoms with van der Waals surface area (Å²) < 4.78 is 5.76. The zero-order valence-corrected chi connectivity index (χ0v) is 15.6. The lowest BCUT2D eigenvalue weighted by atomic mass is 10.2. The molecule has 0 bridgehead atoms. The van der Waals surface area contributed by atoms with Gasteiger partial charge in [0.2, 0.25) is 5.91 Å². The monoisotopic (exact) mass is 380 g/mol. The number of hydrogen-bond donors (Lipinski definition) is 2. The quantitative estimate of drug-likeness (QED) is 0.577. The van der Waals surface area contributed by atoms with E-state index in [9.17, 15) is 4.79 Å². The van der Waals surface area contributed by atoms with Crippen LogP contribution >= 0.6 is 11.6 Å². The second-order valence-electron chi connectivity index (χ2n) is 6.02. The maximum atomic E-state index is 12.0. The van der Waals surface area contributed by atoms with Crippen LogP contribution < -0.4 is 15.4 Å². The molecule has 0 saturated heterocycles. The predicted molar refractivity (Wildman–Crippen MR) is 111 cm³/mol. The van der Waals surface area contributed by atoms with E-state index in [0.29, 0.717) is 17.3 Å². The summed E-state index contributed by atoms with van der Waals surface area (Å²) in [7, 11) is 0. The van der Waals surface area contributed by atoms with Crippen LogP contribution in [0.4, 0.5) is 11.4 Å². The van der Waals surface area contributed by atoms with Gasteiger partial charge in [-0.3, -0.25) is 4.79 Å². The van der Waals surface area contributed by atoms with E-state index in [-0.39, 0.29) is 12.5 Å². The van der Waals surface area contributed by atoms with Gasteiger partial charge in [0.05, 0.1) is 13.2 Å². The van der Waals surface area contributed by atoms with E-state index in [1.54, 1.807) is 24.3 Å². The van der Waals surface area contributed by atoms with Crippen molar-refractivity contribution in [1.82, 2.24) is 0 Å². The molecule has 3 rings (SSSR count). The molecule has 3 aromatic rings. The average molecular weight is 381 g/mol. The van der Waals surface area contributed by atoms with Gasteiger partial charge in [-0.25, -0.2) is 0 Å². The molecule has 2 N–H and O–H groups in total. The highest BCUT2D eigenvalue weighted by atomic mass is 35.5. The summed E-state index contributed by atoms with van der Waals surface area (Å²) in [5.41, 5.74) is 2.78. The number of amides is 1. The van der Waals surface area contributed by atoms with E-state index in [1.807, 2.05) is 42.5 Å². The van der Waals surface area contributed by atoms with Gasteiger partial charge in [-0.05, 0) is 48.0 Å². The highest BCUT2D eigenvalue weighted by Crippen LogP contribution is 2.17. The SMILES string of the molecule is O=C(CNc1ccc(OCCc2ccccc2)cc1)Nc1cccc(Cl)c1. The van der Waals surface area contributed by atoms with Gasteiger partial charge in [0.25, 0.3) is 0 Å². The smallest absolute Gasteiger partial charge is 0.243 e. The molecule has 0 fully saturated rings. The van der Waals surface area contributed by atoms with Gasteiger partial charge < -0.3 is 15.4 Å². The minimum atomic E-state index is -0.138. The molecule has 27 heavy (non-hydrogen) atoms. The highest BCUT2D eigenvalue weighted by molar-refractivity contribution is 6.30. The number of nitrogens with one attached hydrogen (secondary N) is 2. The number of carbonyl (C=O) groups is 1. The Balaban J connectivity index is 1.41. The fraction of sp³-hybridized carbons (Fsp3) is 0.136. The zero-order chi connectivity index (χ0) is 18.9. The predicted octanol–water partition coefficient (Wildman–Crippen LogP) is 5.01. The summed E-state index contributed by atoms with van der Waals surface area (Å²) >= 11 is 5.91. The second-order valence-corrected chi connectivity index (χ2v) is 6.46. The summed E-state index contributed by atoms with van der Waals surface area (Å²) in [5, 5.41) is 6.47. The van der Waals surface area contributed by atoms with Crippen molar-refractivity contribution >= 4 is 28.9 Å². The van der Waals surface area contributed by atoms with Gasteiger partial charge in [0.1, 0.15) is 5.75 Å². The largest absolute Gasteiger partial charge is 0.493 e. The summed E-state index contributed by atoms with van der Waals surface area (Å²) in [6, 6.07) is 24.9. The standard InChI is InChI=1S/C22H21ClN2O2/c23-18-7-4-8-20(15-18)25-22(26)16-24-19-9-11-21(12-10-19)27-14-13-17-5-2-1-3-6-17/h1-12,15,24H,13-14,16H2,(H,25,26). The molecule has 0 heterocycles. The third kappa shape index (κ3) is 6.35. The molecule has 0 aliphatic carbocycles. The lowest BCUT2D eigenvalue weighted by Gasteiger charge is -2.10. The average Bonchev–Trinajstić information content (AvgIpc) is 2.68. The minimum Gasteiger partial charge on any atom is -0.493 e. The molecule has 5 heteroatoms. The van der Waals surface area contributed by atoms with Crippen LogP contribution in [-0.4, -0.2) is 19.1 Å². The maximum absolute atomic E-state index is 12.0. The Bertz CT molecular complexity index is 867. The van der Waals surface area contributed by atoms with Crippen molar-refractivity contribution in [1.29, 1.82) is 0 Å². The summed E-state index contributed by atoms with van der Waals surface area (Å²) in [5.74, 6) is 0.667. The van der Waals surface area contributed by atoms with Crippen LogP contribution in [0.2, 0.25) is 5.02 Å². The molecule has 1 amide bonds. The molecular weight excluding hydrogens is 360 g/mol. The van der Waals surface area contributed by atoms with E-state index in [0.717, 1.165) is 17.9 Å². The number of ether oxygens (including phenoxy) is 1. The third-order valence-corrected chi connectivity index (χ3v) is 4.15. The molecule has 0 unspecified atom stereocenters. The molecule has 0 aliphatic heterocycles. The van der Waals surface area contributed by atoms with Crippen molar-refractivity contribution in [2.24, 2.45) is 0 Å². The fourth-order valence-corrected chi connectivity index (χ4v) is 2.74. The Hall–Kier alpha value is -2.98. The Kier molecular flexibility index (Phi) is 6.72. The summed E-state index contributed by atoms with van der Waals surface area (Å²) in [4.78, 5) is 12.0. The number of benzene rings is 3. The van der Waals surface area contributed by atoms with Crippen LogP contribution in [0, 0.1) is 0 Å². The van der Waals surface area contributed by atoms with E-state index < -0.39 is 0 Å². The van der Waals surface area contributed by atoms with Crippen LogP contribution in [0.15, 0.2) is 78.9 Å². The van der Waals surface area contributed by atoms with Gasteiger partial charge in [-0.1, -0.05) is 48.0 Å². The van der Waals surface area contributed by atoms with Gasteiger partial charge in [0.15, 0.2) is 0 Å². The topological polar surface area (TPSA) is 50.4 Å². The summed E-state index contributed by atoms with van der Waals surface area (Å²) in [6.45, 7) is 0.791. The third-order valence-electron chi connectivity index (χ3n) is 3.92. The highest BCUT2D eigenvalue weighted by Gasteiger charge is 2.03. The van der Waals surface area contributed by atoms with Gasteiger partial charge >= 0.3 is 0 Å². The first-order valence-electron chi connectivity index (χ1n) is 8.75. The lowest BCUT2D eigenvalue weighted by molar-refractivity contribution is -0.114. The van der Waals surface area contributed by atoms with Crippen molar-refractivity contribution in [3.8, 4) is 5.75 Å². The lowest BCUT2D eigenvalue weighted by Crippen LogP contribution is -2.21. The zero-order valence-electron chi connectivity index (χ0n) is 14.8. The van der Waals surface area contributed by atoms with Crippen molar-refractivity contribution in [2.75, 3.05) is 23.8 Å². The van der Waals surface area contributed by atoms with E-state index >= 15 is 0 Å². The summed E-state index contributed by atoms with van der Waals surface area (Å²) in [6.07, 6.45) is 0.866. The van der Waals surface area contributed by atoms with E-state index in [2.05, 4.69) is 22.8 Å². The number of hydrogen-bond acceptors (Lipinski definition) is 3. The molecule has 0 atom stereocenters. The Labute approximate surface area is 164 Å². The maximum Gasteiger partial charge on any atom is 0.243 e. The first-order chi connectivity index (χ1) is 13.2. The molecule has 0 radical (unpaired) electrons. The van der Waals surface area contributed by atoms with Crippen molar-refractivity contribution in [3.63, 3.8) is 0 Å². The van der Waals surface area contributed by atoms with Gasteiger partial charge in [0, 0.05) is 22.8 Å². The van der Waals surface area contributed by atoms with Crippen molar-refractivity contribution in [2.45, 2.75) is 6.42 Å². The molecule has 138 valence electrons. The van der Waals surface area contributed by atoms with Crippen LogP contribution in [0.5, 0.6) is 5.75 Å². The molecule has 3 aromatic carbocycles. The van der Waals surface area contributed by atoms with Gasteiger partial charge in [-0.2, -0.15) is 0 Å². The molecule has 0 saturated carbocycles. The van der Waals surface area contributed by atoms with Crippen molar-refractivity contribution in [3.05, 3.63) is 89.4 Å². The Morgan fingerprint density at radius 3 is 2.41 bits per heavy atom. The second kappa shape index (κ2) is 9.64. The number of halogens is 1. The molecule has 4 nitrogen and oxygen atoms in total. The first-order valence-corrected chi connectivity index (χ1v) is 9.13. The van der Waals surface area contributed by atoms with E-state index in [1.165, 1.54) is 5.56 Å². The van der Waals surface area contributed by atoms with Crippen LogP contribution in [0.3, 0.4) is 0 Å². The van der Waals surface area contributed by atoms with Crippen LogP contribution in [0.25, 0.3) is 0 Å². The first kappa shape index (κ1) is 18.8. The van der Waals surface area contributed by atoms with Crippen LogP contribution in [0.1, 0.15) is 5.56 Å². The number of rotatable bonds is 8. The molecule has 0 aromatic heterocycles. The van der Waals surface area contributed by atoms with E-state index in [4.69, 9.17) is 16.3 Å². The van der Waals surface area contributed by atoms with Gasteiger partial charge in [-0.15, -0.1) is 0 Å².